The van der Waals surface area contributed by atoms with Crippen molar-refractivity contribution in [2.75, 3.05) is 20.3 Å². The van der Waals surface area contributed by atoms with Gasteiger partial charge < -0.3 is 20.3 Å². The first-order chi connectivity index (χ1) is 7.27. The first kappa shape index (κ1) is 11.9. The van der Waals surface area contributed by atoms with Crippen LogP contribution in [-0.4, -0.2) is 41.6 Å². The maximum Gasteiger partial charge on any atom is 0.217 e. The third kappa shape index (κ3) is 3.83. The van der Waals surface area contributed by atoms with Crippen LogP contribution in [0.15, 0.2) is 18.3 Å². The average molecular weight is 212 g/mol. The van der Waals surface area contributed by atoms with Gasteiger partial charge in [-0.2, -0.15) is 0 Å². The van der Waals surface area contributed by atoms with Crippen LogP contribution < -0.4 is 10.1 Å². The number of aliphatic hydroxyl groups excluding tert-OH is 2. The Balaban J connectivity index is 2.43. The highest BCUT2D eigenvalue weighted by Gasteiger charge is 2.04. The molecule has 5 heteroatoms. The molecule has 0 amide bonds. The summed E-state index contributed by atoms with van der Waals surface area (Å²) < 4.78 is 5.07. The lowest BCUT2D eigenvalue weighted by atomic mass is 10.2. The predicted octanol–water partition coefficient (Wildman–Crippen LogP) is -0.467. The topological polar surface area (TPSA) is 74.6 Å². The van der Waals surface area contributed by atoms with E-state index < -0.39 is 6.10 Å². The molecule has 0 aliphatic heterocycles. The Kier molecular flexibility index (Phi) is 5.03. The van der Waals surface area contributed by atoms with Crippen LogP contribution in [0.2, 0.25) is 0 Å². The summed E-state index contributed by atoms with van der Waals surface area (Å²) in [5, 5.41) is 20.7. The molecule has 0 fully saturated rings. The van der Waals surface area contributed by atoms with Crippen molar-refractivity contribution < 1.29 is 14.9 Å². The van der Waals surface area contributed by atoms with E-state index >= 15 is 0 Å². The SMILES string of the molecule is COc1ncccc1CNC[C@H](O)CO. The molecule has 0 aliphatic rings. The average Bonchev–Trinajstić information content (AvgIpc) is 2.29. The zero-order chi connectivity index (χ0) is 11.1. The summed E-state index contributed by atoms with van der Waals surface area (Å²) in [5.41, 5.74) is 0.921. The van der Waals surface area contributed by atoms with Crippen molar-refractivity contribution >= 4 is 0 Å². The Morgan fingerprint density at radius 2 is 2.40 bits per heavy atom. The first-order valence-corrected chi connectivity index (χ1v) is 4.75. The van der Waals surface area contributed by atoms with Gasteiger partial charge in [0.2, 0.25) is 5.88 Å². The van der Waals surface area contributed by atoms with Crippen LogP contribution in [-0.2, 0) is 6.54 Å². The Hall–Kier alpha value is -1.17. The van der Waals surface area contributed by atoms with E-state index in [0.29, 0.717) is 19.0 Å². The summed E-state index contributed by atoms with van der Waals surface area (Å²) in [5.74, 6) is 0.573. The van der Waals surface area contributed by atoms with Gasteiger partial charge in [0.25, 0.3) is 0 Å². The van der Waals surface area contributed by atoms with Crippen molar-refractivity contribution in [1.82, 2.24) is 10.3 Å². The van der Waals surface area contributed by atoms with E-state index in [1.54, 1.807) is 13.3 Å². The lowest BCUT2D eigenvalue weighted by Crippen LogP contribution is -2.29. The summed E-state index contributed by atoms with van der Waals surface area (Å²) in [6.07, 6.45) is 0.929. The lowest BCUT2D eigenvalue weighted by molar-refractivity contribution is 0.0941. The summed E-state index contributed by atoms with van der Waals surface area (Å²) in [6.45, 7) is 0.653. The van der Waals surface area contributed by atoms with Crippen LogP contribution in [0.5, 0.6) is 5.88 Å². The molecule has 1 rings (SSSR count). The van der Waals surface area contributed by atoms with E-state index in [0.717, 1.165) is 5.56 Å². The molecule has 0 saturated carbocycles. The molecule has 5 nitrogen and oxygen atoms in total. The van der Waals surface area contributed by atoms with Crippen molar-refractivity contribution in [3.8, 4) is 5.88 Å². The Morgan fingerprint density at radius 3 is 3.07 bits per heavy atom. The number of rotatable bonds is 6. The van der Waals surface area contributed by atoms with Gasteiger partial charge in [-0.3, -0.25) is 0 Å². The van der Waals surface area contributed by atoms with E-state index in [-0.39, 0.29) is 6.61 Å². The molecular weight excluding hydrogens is 196 g/mol. The molecule has 0 aromatic carbocycles. The first-order valence-electron chi connectivity index (χ1n) is 4.75. The molecule has 1 atom stereocenters. The second-order valence-corrected chi connectivity index (χ2v) is 3.14. The second-order valence-electron chi connectivity index (χ2n) is 3.14. The second kappa shape index (κ2) is 6.34. The highest BCUT2D eigenvalue weighted by molar-refractivity contribution is 5.24. The van der Waals surface area contributed by atoms with Crippen molar-refractivity contribution in [2.45, 2.75) is 12.6 Å². The zero-order valence-electron chi connectivity index (χ0n) is 8.68. The minimum atomic E-state index is -0.729. The molecule has 84 valence electrons. The van der Waals surface area contributed by atoms with E-state index in [9.17, 15) is 0 Å². The molecule has 15 heavy (non-hydrogen) atoms. The maximum absolute atomic E-state index is 9.10. The van der Waals surface area contributed by atoms with Crippen LogP contribution >= 0.6 is 0 Å². The number of pyridine rings is 1. The number of ether oxygens (including phenoxy) is 1. The molecule has 0 radical (unpaired) electrons. The molecule has 0 unspecified atom stereocenters. The molecule has 3 N–H and O–H groups in total. The lowest BCUT2D eigenvalue weighted by Gasteiger charge is -2.10. The van der Waals surface area contributed by atoms with Gasteiger partial charge >= 0.3 is 0 Å². The third-order valence-electron chi connectivity index (χ3n) is 1.95. The van der Waals surface area contributed by atoms with Gasteiger partial charge in [-0.1, -0.05) is 6.07 Å². The van der Waals surface area contributed by atoms with Crippen molar-refractivity contribution in [2.24, 2.45) is 0 Å². The summed E-state index contributed by atoms with van der Waals surface area (Å²) >= 11 is 0. The molecule has 1 aromatic rings. The van der Waals surface area contributed by atoms with Crippen LogP contribution in [0.25, 0.3) is 0 Å². The molecule has 1 heterocycles. The quantitative estimate of drug-likeness (QED) is 0.594. The van der Waals surface area contributed by atoms with Crippen LogP contribution in [0.4, 0.5) is 0 Å². The van der Waals surface area contributed by atoms with E-state index in [1.165, 1.54) is 0 Å². The summed E-state index contributed by atoms with van der Waals surface area (Å²) in [7, 11) is 1.56. The molecule has 0 bridgehead atoms. The van der Waals surface area contributed by atoms with E-state index in [1.807, 2.05) is 12.1 Å². The molecule has 1 aromatic heterocycles. The largest absolute Gasteiger partial charge is 0.481 e. The summed E-state index contributed by atoms with van der Waals surface area (Å²) in [6, 6.07) is 3.71. The molecular formula is C10H16N2O3. The number of hydrogen-bond donors (Lipinski definition) is 3. The number of hydrogen-bond acceptors (Lipinski definition) is 5. The molecule has 0 saturated heterocycles. The Morgan fingerprint density at radius 1 is 1.60 bits per heavy atom. The normalized spacial score (nSPS) is 12.5. The zero-order valence-corrected chi connectivity index (χ0v) is 8.68. The molecule has 0 spiro atoms. The predicted molar refractivity (Wildman–Crippen MR) is 55.6 cm³/mol. The highest BCUT2D eigenvalue weighted by Crippen LogP contribution is 2.12. The van der Waals surface area contributed by atoms with Crippen molar-refractivity contribution in [3.05, 3.63) is 23.9 Å². The Labute approximate surface area is 88.7 Å². The monoisotopic (exact) mass is 212 g/mol. The van der Waals surface area contributed by atoms with Crippen LogP contribution in [0, 0.1) is 0 Å². The van der Waals surface area contributed by atoms with E-state index in [4.69, 9.17) is 14.9 Å². The minimum absolute atomic E-state index is 0.239. The van der Waals surface area contributed by atoms with Gasteiger partial charge in [-0.25, -0.2) is 4.98 Å². The Bertz CT molecular complexity index is 294. The fourth-order valence-corrected chi connectivity index (χ4v) is 1.18. The van der Waals surface area contributed by atoms with Gasteiger partial charge in [0.05, 0.1) is 19.8 Å². The number of aromatic nitrogens is 1. The number of methoxy groups -OCH3 is 1. The number of nitrogens with one attached hydrogen (secondary N) is 1. The van der Waals surface area contributed by atoms with Crippen molar-refractivity contribution in [3.63, 3.8) is 0 Å². The third-order valence-corrected chi connectivity index (χ3v) is 1.95. The van der Waals surface area contributed by atoms with Gasteiger partial charge in [0.15, 0.2) is 0 Å². The minimum Gasteiger partial charge on any atom is -0.481 e. The van der Waals surface area contributed by atoms with Crippen molar-refractivity contribution in [1.29, 1.82) is 0 Å². The van der Waals surface area contributed by atoms with Gasteiger partial charge in [-0.15, -0.1) is 0 Å². The molecule has 0 aliphatic carbocycles. The highest BCUT2D eigenvalue weighted by atomic mass is 16.5. The number of nitrogens with zero attached hydrogens (tertiary/aromatic N) is 1. The van der Waals surface area contributed by atoms with E-state index in [2.05, 4.69) is 10.3 Å². The van der Waals surface area contributed by atoms with Gasteiger partial charge in [-0.05, 0) is 6.07 Å². The maximum atomic E-state index is 9.10. The number of aliphatic hydroxyl groups is 2. The fraction of sp³-hybridized carbons (Fsp3) is 0.500. The fourth-order valence-electron chi connectivity index (χ4n) is 1.18. The smallest absolute Gasteiger partial charge is 0.217 e. The van der Waals surface area contributed by atoms with Gasteiger partial charge in [0, 0.05) is 24.8 Å². The van der Waals surface area contributed by atoms with Crippen LogP contribution in [0.1, 0.15) is 5.56 Å². The standard InChI is InChI=1S/C10H16N2O3/c1-15-10-8(3-2-4-12-10)5-11-6-9(14)7-13/h2-4,9,11,13-14H,5-7H2,1H3/t9-/m0/s1. The summed E-state index contributed by atoms with van der Waals surface area (Å²) in [4.78, 5) is 4.04. The van der Waals surface area contributed by atoms with Gasteiger partial charge in [0.1, 0.15) is 0 Å². The van der Waals surface area contributed by atoms with Crippen LogP contribution in [0.3, 0.4) is 0 Å².